The SMILES string of the molecule is Cc1c(COc2ccc(CNCCOCCOCCOCCOCCOCCC(N)=O)cn2)cccc1-c1ccccc1. The van der Waals surface area contributed by atoms with Gasteiger partial charge in [-0.2, -0.15) is 0 Å². The monoisotopic (exact) mass is 595 g/mol. The van der Waals surface area contributed by atoms with E-state index in [1.54, 1.807) is 0 Å². The molecule has 0 radical (unpaired) electrons. The molecule has 10 nitrogen and oxygen atoms in total. The minimum absolute atomic E-state index is 0.224. The Morgan fingerprint density at radius 2 is 1.37 bits per heavy atom. The molecule has 0 fully saturated rings. The van der Waals surface area contributed by atoms with Crippen molar-refractivity contribution >= 4 is 5.91 Å². The Labute approximate surface area is 254 Å². The first kappa shape index (κ1) is 34.1. The first-order valence-electron chi connectivity index (χ1n) is 14.7. The number of nitrogens with two attached hydrogens (primary N) is 1. The van der Waals surface area contributed by atoms with Crippen LogP contribution in [0.25, 0.3) is 11.1 Å². The van der Waals surface area contributed by atoms with Gasteiger partial charge >= 0.3 is 0 Å². The molecule has 0 atom stereocenters. The Balaban J connectivity index is 1.14. The molecule has 0 saturated heterocycles. The lowest BCUT2D eigenvalue weighted by Gasteiger charge is -2.13. The molecular weight excluding hydrogens is 550 g/mol. The second kappa shape index (κ2) is 21.3. The number of rotatable bonds is 24. The summed E-state index contributed by atoms with van der Waals surface area (Å²) in [7, 11) is 0. The molecule has 1 amide bonds. The highest BCUT2D eigenvalue weighted by Gasteiger charge is 2.07. The van der Waals surface area contributed by atoms with Gasteiger partial charge in [0.05, 0.1) is 66.1 Å². The molecule has 0 unspecified atom stereocenters. The van der Waals surface area contributed by atoms with Crippen LogP contribution in [0.3, 0.4) is 0 Å². The molecule has 234 valence electrons. The Morgan fingerprint density at radius 1 is 0.744 bits per heavy atom. The fourth-order valence-electron chi connectivity index (χ4n) is 4.05. The van der Waals surface area contributed by atoms with Gasteiger partial charge in [-0.15, -0.1) is 0 Å². The van der Waals surface area contributed by atoms with Crippen LogP contribution in [0.5, 0.6) is 5.88 Å². The molecule has 3 N–H and O–H groups in total. The summed E-state index contributed by atoms with van der Waals surface area (Å²) in [6.07, 6.45) is 2.06. The number of benzene rings is 2. The molecule has 0 aliphatic heterocycles. The predicted molar refractivity (Wildman–Crippen MR) is 165 cm³/mol. The van der Waals surface area contributed by atoms with Gasteiger partial charge in [-0.05, 0) is 34.7 Å². The van der Waals surface area contributed by atoms with Crippen LogP contribution in [0.4, 0.5) is 0 Å². The minimum Gasteiger partial charge on any atom is -0.473 e. The standard InChI is InChI=1S/C33H45N3O7/c1-27-30(8-5-9-31(27)29-6-3-2-4-7-29)26-43-33-11-10-28(25-36-33)24-35-13-15-39-17-19-41-21-23-42-22-20-40-18-16-38-14-12-32(34)37/h2-11,25,35H,12-24,26H2,1H3,(H2,34,37). The van der Waals surface area contributed by atoms with Crippen molar-refractivity contribution in [1.82, 2.24) is 10.3 Å². The Bertz CT molecular complexity index is 1160. The van der Waals surface area contributed by atoms with E-state index in [0.29, 0.717) is 85.1 Å². The van der Waals surface area contributed by atoms with E-state index in [2.05, 4.69) is 59.7 Å². The summed E-state index contributed by atoms with van der Waals surface area (Å²) in [5.74, 6) is 0.238. The van der Waals surface area contributed by atoms with Gasteiger partial charge < -0.3 is 39.5 Å². The van der Waals surface area contributed by atoms with Crippen molar-refractivity contribution in [2.24, 2.45) is 5.73 Å². The van der Waals surface area contributed by atoms with Crippen molar-refractivity contribution in [3.63, 3.8) is 0 Å². The molecule has 0 aliphatic rings. The number of hydrogen-bond acceptors (Lipinski definition) is 9. The van der Waals surface area contributed by atoms with Crippen LogP contribution < -0.4 is 15.8 Å². The van der Waals surface area contributed by atoms with Crippen LogP contribution in [0, 0.1) is 6.92 Å². The summed E-state index contributed by atoms with van der Waals surface area (Å²) in [6.45, 7) is 8.86. The van der Waals surface area contributed by atoms with Crippen molar-refractivity contribution in [3.05, 3.63) is 83.6 Å². The number of carbonyl (C=O) groups is 1. The van der Waals surface area contributed by atoms with Gasteiger partial charge in [0.15, 0.2) is 0 Å². The number of nitrogens with one attached hydrogen (secondary N) is 1. The largest absolute Gasteiger partial charge is 0.473 e. The zero-order chi connectivity index (χ0) is 30.4. The molecule has 1 aromatic heterocycles. The number of primary amides is 1. The highest BCUT2D eigenvalue weighted by molar-refractivity contribution is 5.73. The maximum absolute atomic E-state index is 10.6. The predicted octanol–water partition coefficient (Wildman–Crippen LogP) is 3.68. The fourth-order valence-corrected chi connectivity index (χ4v) is 4.05. The normalized spacial score (nSPS) is 11.1. The lowest BCUT2D eigenvalue weighted by molar-refractivity contribution is -0.119. The van der Waals surface area contributed by atoms with E-state index >= 15 is 0 Å². The molecule has 1 heterocycles. The number of amides is 1. The van der Waals surface area contributed by atoms with E-state index in [-0.39, 0.29) is 12.3 Å². The molecule has 3 aromatic rings. The van der Waals surface area contributed by atoms with E-state index in [1.807, 2.05) is 24.4 Å². The molecule has 0 saturated carbocycles. The average molecular weight is 596 g/mol. The van der Waals surface area contributed by atoms with Crippen LogP contribution in [-0.2, 0) is 41.6 Å². The Morgan fingerprint density at radius 3 is 1.98 bits per heavy atom. The quantitative estimate of drug-likeness (QED) is 0.149. The van der Waals surface area contributed by atoms with Crippen LogP contribution >= 0.6 is 0 Å². The van der Waals surface area contributed by atoms with Crippen molar-refractivity contribution in [2.45, 2.75) is 26.5 Å². The lowest BCUT2D eigenvalue weighted by atomic mass is 9.97. The Hall–Kier alpha value is -3.38. The maximum Gasteiger partial charge on any atom is 0.219 e. The highest BCUT2D eigenvalue weighted by atomic mass is 16.6. The number of pyridine rings is 1. The Kier molecular flexibility index (Phi) is 16.9. The number of ether oxygens (including phenoxy) is 6. The summed E-state index contributed by atoms with van der Waals surface area (Å²) >= 11 is 0. The van der Waals surface area contributed by atoms with Crippen molar-refractivity contribution in [1.29, 1.82) is 0 Å². The first-order valence-corrected chi connectivity index (χ1v) is 14.7. The summed E-state index contributed by atoms with van der Waals surface area (Å²) in [5.41, 5.74) is 10.9. The van der Waals surface area contributed by atoms with Crippen molar-refractivity contribution in [3.8, 4) is 17.0 Å². The van der Waals surface area contributed by atoms with Gasteiger partial charge in [0.1, 0.15) is 6.61 Å². The summed E-state index contributed by atoms with van der Waals surface area (Å²) in [5, 5.41) is 3.36. The first-order chi connectivity index (χ1) is 21.1. The third-order valence-electron chi connectivity index (χ3n) is 6.44. The van der Waals surface area contributed by atoms with Gasteiger partial charge in [-0.3, -0.25) is 4.79 Å². The second-order valence-corrected chi connectivity index (χ2v) is 9.70. The van der Waals surface area contributed by atoms with Crippen LogP contribution in [-0.4, -0.2) is 83.5 Å². The van der Waals surface area contributed by atoms with E-state index in [0.717, 1.165) is 17.7 Å². The van der Waals surface area contributed by atoms with E-state index in [9.17, 15) is 4.79 Å². The highest BCUT2D eigenvalue weighted by Crippen LogP contribution is 2.26. The average Bonchev–Trinajstić information content (AvgIpc) is 3.02. The lowest BCUT2D eigenvalue weighted by Crippen LogP contribution is -2.20. The third kappa shape index (κ3) is 14.6. The zero-order valence-electron chi connectivity index (χ0n) is 25.1. The number of nitrogens with zero attached hydrogens (tertiary/aromatic N) is 1. The molecule has 3 rings (SSSR count). The smallest absolute Gasteiger partial charge is 0.219 e. The van der Waals surface area contributed by atoms with E-state index in [1.165, 1.54) is 16.7 Å². The number of carbonyl (C=O) groups excluding carboxylic acids is 1. The van der Waals surface area contributed by atoms with Crippen LogP contribution in [0.2, 0.25) is 0 Å². The molecule has 0 bridgehead atoms. The fraction of sp³-hybridized carbons (Fsp3) is 0.455. The van der Waals surface area contributed by atoms with E-state index < -0.39 is 0 Å². The summed E-state index contributed by atoms with van der Waals surface area (Å²) < 4.78 is 33.1. The zero-order valence-corrected chi connectivity index (χ0v) is 25.1. The molecule has 0 aliphatic carbocycles. The number of hydrogen-bond donors (Lipinski definition) is 2. The van der Waals surface area contributed by atoms with Crippen molar-refractivity contribution in [2.75, 3.05) is 72.6 Å². The topological polar surface area (TPSA) is 123 Å². The summed E-state index contributed by atoms with van der Waals surface area (Å²) in [6, 6.07) is 20.6. The van der Waals surface area contributed by atoms with E-state index in [4.69, 9.17) is 34.2 Å². The number of aromatic nitrogens is 1. The van der Waals surface area contributed by atoms with Gasteiger partial charge in [0.25, 0.3) is 0 Å². The van der Waals surface area contributed by atoms with Crippen LogP contribution in [0.1, 0.15) is 23.1 Å². The maximum atomic E-state index is 10.6. The van der Waals surface area contributed by atoms with Crippen LogP contribution in [0.15, 0.2) is 66.9 Å². The van der Waals surface area contributed by atoms with Gasteiger partial charge in [-0.1, -0.05) is 54.6 Å². The van der Waals surface area contributed by atoms with Gasteiger partial charge in [0.2, 0.25) is 11.8 Å². The molecule has 43 heavy (non-hydrogen) atoms. The molecule has 10 heteroatoms. The van der Waals surface area contributed by atoms with Crippen molar-refractivity contribution < 1.29 is 33.2 Å². The van der Waals surface area contributed by atoms with Gasteiger partial charge in [0, 0.05) is 31.8 Å². The van der Waals surface area contributed by atoms with Gasteiger partial charge in [-0.25, -0.2) is 4.98 Å². The summed E-state index contributed by atoms with van der Waals surface area (Å²) in [4.78, 5) is 15.0. The second-order valence-electron chi connectivity index (χ2n) is 9.70. The molecule has 2 aromatic carbocycles. The molecule has 0 spiro atoms. The third-order valence-corrected chi connectivity index (χ3v) is 6.44. The molecular formula is C33H45N3O7. The minimum atomic E-state index is -0.369.